The summed E-state index contributed by atoms with van der Waals surface area (Å²) in [6, 6.07) is 0.856. The van der Waals surface area contributed by atoms with E-state index in [1.807, 2.05) is 13.8 Å². The largest absolute Gasteiger partial charge is 0.375 e. The number of nitrogen functional groups attached to an aromatic ring is 1. The van der Waals surface area contributed by atoms with Crippen molar-refractivity contribution in [3.8, 4) is 0 Å². The average molecular weight is 230 g/mol. The molecule has 0 aliphatic carbocycles. The molecule has 2 aromatic rings. The highest BCUT2D eigenvalue weighted by atomic mass is 32.1. The van der Waals surface area contributed by atoms with Crippen molar-refractivity contribution in [1.29, 1.82) is 0 Å². The molecule has 1 heterocycles. The first-order valence-corrected chi connectivity index (χ1v) is 5.42. The summed E-state index contributed by atoms with van der Waals surface area (Å²) in [7, 11) is 0. The predicted molar refractivity (Wildman–Crippen MR) is 60.0 cm³/mol. The van der Waals surface area contributed by atoms with Crippen LogP contribution in [0.5, 0.6) is 0 Å². The number of halogens is 2. The molecule has 2 N–H and O–H groups in total. The quantitative estimate of drug-likeness (QED) is 0.752. The van der Waals surface area contributed by atoms with E-state index in [1.54, 1.807) is 6.92 Å². The van der Waals surface area contributed by atoms with Crippen LogP contribution >= 0.6 is 11.3 Å². The lowest BCUT2D eigenvalue weighted by Gasteiger charge is -1.97. The van der Waals surface area contributed by atoms with Gasteiger partial charge in [-0.05, 0) is 6.92 Å². The molecule has 0 amide bonds. The Bertz CT molecular complexity index is 480. The van der Waals surface area contributed by atoms with Gasteiger partial charge >= 0.3 is 0 Å². The van der Waals surface area contributed by atoms with Gasteiger partial charge in [0.25, 0.3) is 0 Å². The zero-order valence-corrected chi connectivity index (χ0v) is 9.58. The molecular weight excluding hydrogens is 218 g/mol. The Kier molecular flexibility index (Phi) is 3.57. The van der Waals surface area contributed by atoms with E-state index in [0.29, 0.717) is 15.8 Å². The van der Waals surface area contributed by atoms with Crippen LogP contribution < -0.4 is 5.73 Å². The van der Waals surface area contributed by atoms with Gasteiger partial charge < -0.3 is 5.73 Å². The molecule has 1 aromatic carbocycles. The van der Waals surface area contributed by atoms with E-state index >= 15 is 0 Å². The molecule has 0 saturated carbocycles. The molecule has 0 fully saturated rings. The number of fused-ring (bicyclic) bond motifs is 1. The van der Waals surface area contributed by atoms with Crippen molar-refractivity contribution in [3.05, 3.63) is 23.3 Å². The second-order valence-electron chi connectivity index (χ2n) is 2.70. The molecule has 0 saturated heterocycles. The number of aryl methyl sites for hydroxylation is 1. The maximum atomic E-state index is 13.1. The Morgan fingerprint density at radius 1 is 1.27 bits per heavy atom. The standard InChI is InChI=1S/C8H6F2N2S.C2H6/c1-3-4(9)2-5(10)7-6(3)12-8(11)13-7;1-2/h2H,1H3,(H2,11,12);1-2H3. The molecule has 1 aromatic heterocycles. The van der Waals surface area contributed by atoms with Gasteiger partial charge in [0.05, 0.1) is 10.2 Å². The summed E-state index contributed by atoms with van der Waals surface area (Å²) >= 11 is 1.03. The molecule has 2 rings (SSSR count). The topological polar surface area (TPSA) is 38.9 Å². The molecule has 0 unspecified atom stereocenters. The lowest BCUT2D eigenvalue weighted by Crippen LogP contribution is -1.87. The van der Waals surface area contributed by atoms with E-state index in [4.69, 9.17) is 5.73 Å². The number of benzene rings is 1. The highest BCUT2D eigenvalue weighted by Crippen LogP contribution is 2.30. The number of nitrogens with two attached hydrogens (primary N) is 1. The molecule has 5 heteroatoms. The first-order valence-electron chi connectivity index (χ1n) is 4.60. The van der Waals surface area contributed by atoms with Crippen LogP contribution in [0.3, 0.4) is 0 Å². The summed E-state index contributed by atoms with van der Waals surface area (Å²) < 4.78 is 26.4. The van der Waals surface area contributed by atoms with Crippen molar-refractivity contribution >= 4 is 26.7 Å². The van der Waals surface area contributed by atoms with E-state index < -0.39 is 11.6 Å². The Balaban J connectivity index is 0.000000531. The lowest BCUT2D eigenvalue weighted by molar-refractivity contribution is 0.587. The lowest BCUT2D eigenvalue weighted by atomic mass is 10.2. The third-order valence-electron chi connectivity index (χ3n) is 1.83. The number of nitrogens with zero attached hydrogens (tertiary/aromatic N) is 1. The van der Waals surface area contributed by atoms with Crippen LogP contribution in [0.15, 0.2) is 6.07 Å². The molecule has 0 spiro atoms. The zero-order valence-electron chi connectivity index (χ0n) is 8.77. The number of rotatable bonds is 0. The Labute approximate surface area is 90.7 Å². The molecule has 0 radical (unpaired) electrons. The summed E-state index contributed by atoms with van der Waals surface area (Å²) in [6.07, 6.45) is 0. The number of hydrogen-bond donors (Lipinski definition) is 1. The molecule has 0 aliphatic rings. The van der Waals surface area contributed by atoms with Crippen molar-refractivity contribution < 1.29 is 8.78 Å². The second-order valence-corrected chi connectivity index (χ2v) is 3.73. The fourth-order valence-corrected chi connectivity index (χ4v) is 1.95. The summed E-state index contributed by atoms with van der Waals surface area (Å²) in [5, 5.41) is 0.252. The van der Waals surface area contributed by atoms with Crippen molar-refractivity contribution in [2.24, 2.45) is 0 Å². The maximum Gasteiger partial charge on any atom is 0.181 e. The predicted octanol–water partition coefficient (Wildman–Crippen LogP) is 3.49. The number of hydrogen-bond acceptors (Lipinski definition) is 3. The highest BCUT2D eigenvalue weighted by molar-refractivity contribution is 7.22. The van der Waals surface area contributed by atoms with Gasteiger partial charge in [-0.25, -0.2) is 13.8 Å². The number of anilines is 1. The molecular formula is C10H12F2N2S. The minimum absolute atomic E-state index is 0.252. The fourth-order valence-electron chi connectivity index (χ4n) is 1.15. The third kappa shape index (κ3) is 2.07. The van der Waals surface area contributed by atoms with Gasteiger partial charge in [0.1, 0.15) is 11.6 Å². The second kappa shape index (κ2) is 4.53. The van der Waals surface area contributed by atoms with Gasteiger partial charge in [-0.1, -0.05) is 25.2 Å². The summed E-state index contributed by atoms with van der Waals surface area (Å²) in [4.78, 5) is 3.85. The van der Waals surface area contributed by atoms with Gasteiger partial charge in [0.2, 0.25) is 0 Å². The average Bonchev–Trinajstić information content (AvgIpc) is 2.61. The molecule has 15 heavy (non-hydrogen) atoms. The molecule has 0 atom stereocenters. The first-order chi connectivity index (χ1) is 7.09. The van der Waals surface area contributed by atoms with Crippen molar-refractivity contribution in [3.63, 3.8) is 0 Å². The SMILES string of the molecule is CC.Cc1c(F)cc(F)c2sc(N)nc12. The minimum atomic E-state index is -0.604. The first kappa shape index (κ1) is 11.8. The summed E-state index contributed by atoms with van der Waals surface area (Å²) in [5.74, 6) is -1.19. The van der Waals surface area contributed by atoms with Gasteiger partial charge in [0.15, 0.2) is 5.13 Å². The molecule has 82 valence electrons. The fraction of sp³-hybridized carbons (Fsp3) is 0.300. The van der Waals surface area contributed by atoms with Gasteiger partial charge in [0, 0.05) is 11.6 Å². The van der Waals surface area contributed by atoms with Crippen LogP contribution in [-0.2, 0) is 0 Å². The molecule has 0 aliphatic heterocycles. The smallest absolute Gasteiger partial charge is 0.181 e. The Hall–Kier alpha value is -1.23. The van der Waals surface area contributed by atoms with Gasteiger partial charge in [-0.3, -0.25) is 0 Å². The van der Waals surface area contributed by atoms with E-state index in [0.717, 1.165) is 17.4 Å². The van der Waals surface area contributed by atoms with Gasteiger partial charge in [-0.2, -0.15) is 0 Å². The maximum absolute atomic E-state index is 13.1. The van der Waals surface area contributed by atoms with E-state index in [-0.39, 0.29) is 5.13 Å². The minimum Gasteiger partial charge on any atom is -0.375 e. The third-order valence-corrected chi connectivity index (χ3v) is 2.72. The van der Waals surface area contributed by atoms with Crippen LogP contribution in [0, 0.1) is 18.6 Å². The summed E-state index contributed by atoms with van der Waals surface area (Å²) in [5.41, 5.74) is 6.05. The molecule has 2 nitrogen and oxygen atoms in total. The van der Waals surface area contributed by atoms with Crippen LogP contribution in [0.1, 0.15) is 19.4 Å². The summed E-state index contributed by atoms with van der Waals surface area (Å²) in [6.45, 7) is 5.55. The molecule has 0 bridgehead atoms. The number of thiazole rings is 1. The zero-order chi connectivity index (χ0) is 11.6. The van der Waals surface area contributed by atoms with Gasteiger partial charge in [-0.15, -0.1) is 0 Å². The number of aromatic nitrogens is 1. The Morgan fingerprint density at radius 2 is 1.87 bits per heavy atom. The van der Waals surface area contributed by atoms with E-state index in [1.165, 1.54) is 0 Å². The van der Waals surface area contributed by atoms with Crippen molar-refractivity contribution in [2.75, 3.05) is 5.73 Å². The van der Waals surface area contributed by atoms with E-state index in [2.05, 4.69) is 4.98 Å². The van der Waals surface area contributed by atoms with Crippen molar-refractivity contribution in [2.45, 2.75) is 20.8 Å². The monoisotopic (exact) mass is 230 g/mol. The highest BCUT2D eigenvalue weighted by Gasteiger charge is 2.12. The Morgan fingerprint density at radius 3 is 2.47 bits per heavy atom. The van der Waals surface area contributed by atoms with Crippen LogP contribution in [0.25, 0.3) is 10.2 Å². The van der Waals surface area contributed by atoms with Crippen LogP contribution in [0.4, 0.5) is 13.9 Å². The van der Waals surface area contributed by atoms with Crippen molar-refractivity contribution in [1.82, 2.24) is 4.98 Å². The normalized spacial score (nSPS) is 9.93. The van der Waals surface area contributed by atoms with Crippen LogP contribution in [-0.4, -0.2) is 4.98 Å². The van der Waals surface area contributed by atoms with E-state index in [9.17, 15) is 8.78 Å². The van der Waals surface area contributed by atoms with Crippen LogP contribution in [0.2, 0.25) is 0 Å².